The number of hydrogen-bond acceptors (Lipinski definition) is 5. The lowest BCUT2D eigenvalue weighted by molar-refractivity contribution is -0.140. The van der Waals surface area contributed by atoms with Gasteiger partial charge in [0.25, 0.3) is 5.91 Å². The molecule has 1 N–H and O–H groups in total. The van der Waals surface area contributed by atoms with Crippen molar-refractivity contribution in [3.8, 4) is 5.88 Å². The fourth-order valence-electron chi connectivity index (χ4n) is 2.55. The topological polar surface area (TPSA) is 69.7 Å². The number of aromatic nitrogens is 1. The molecular formula is C18H30N2O4. The van der Waals surface area contributed by atoms with E-state index in [0.717, 1.165) is 0 Å². The number of carbonyl (C=O) groups excluding carboxylic acids is 1. The van der Waals surface area contributed by atoms with Crippen LogP contribution in [0.25, 0.3) is 0 Å². The van der Waals surface area contributed by atoms with Crippen molar-refractivity contribution in [1.82, 2.24) is 4.98 Å². The summed E-state index contributed by atoms with van der Waals surface area (Å²) in [5.74, 6) is 0.705. The normalized spacial score (nSPS) is 13.6. The molecule has 0 fully saturated rings. The van der Waals surface area contributed by atoms with Crippen LogP contribution < -0.4 is 10.1 Å². The van der Waals surface area contributed by atoms with E-state index in [1.807, 2.05) is 20.8 Å². The molecule has 6 nitrogen and oxygen atoms in total. The lowest BCUT2D eigenvalue weighted by Gasteiger charge is -2.30. The van der Waals surface area contributed by atoms with E-state index in [9.17, 15) is 4.79 Å². The van der Waals surface area contributed by atoms with E-state index >= 15 is 0 Å². The molecular weight excluding hydrogens is 308 g/mol. The standard InChI is InChI=1S/C18H30N2O4/c1-7-24-18(5,12-13(2)3)17(21)20-15-8-9-16(19-14(15)4)23-11-10-22-6/h8-9,13H,7,10-12H2,1-6H3,(H,20,21). The SMILES string of the molecule is CCOC(C)(CC(C)C)C(=O)Nc1ccc(OCCOC)nc1C. The van der Waals surface area contributed by atoms with Gasteiger partial charge in [-0.05, 0) is 39.2 Å². The van der Waals surface area contributed by atoms with Gasteiger partial charge in [0, 0.05) is 19.8 Å². The largest absolute Gasteiger partial charge is 0.475 e. The zero-order chi connectivity index (χ0) is 18.2. The highest BCUT2D eigenvalue weighted by Gasteiger charge is 2.35. The average Bonchev–Trinajstić information content (AvgIpc) is 2.49. The quantitative estimate of drug-likeness (QED) is 0.664. The van der Waals surface area contributed by atoms with Gasteiger partial charge in [0.05, 0.1) is 18.0 Å². The van der Waals surface area contributed by atoms with Gasteiger partial charge in [-0.15, -0.1) is 0 Å². The summed E-state index contributed by atoms with van der Waals surface area (Å²) >= 11 is 0. The Morgan fingerprint density at radius 3 is 2.58 bits per heavy atom. The Kier molecular flexibility index (Phi) is 8.15. The number of anilines is 1. The lowest BCUT2D eigenvalue weighted by atomic mass is 9.93. The first-order chi connectivity index (χ1) is 11.3. The minimum atomic E-state index is -0.858. The third kappa shape index (κ3) is 6.09. The number of pyridine rings is 1. The first-order valence-corrected chi connectivity index (χ1v) is 8.37. The smallest absolute Gasteiger partial charge is 0.256 e. The molecule has 0 saturated heterocycles. The maximum Gasteiger partial charge on any atom is 0.256 e. The van der Waals surface area contributed by atoms with Crippen LogP contribution in [0.4, 0.5) is 5.69 Å². The van der Waals surface area contributed by atoms with Crippen LogP contribution in [0, 0.1) is 12.8 Å². The molecule has 136 valence electrons. The summed E-state index contributed by atoms with van der Waals surface area (Å²) in [4.78, 5) is 17.0. The van der Waals surface area contributed by atoms with Crippen LogP contribution in [-0.2, 0) is 14.3 Å². The molecule has 0 bridgehead atoms. The fraction of sp³-hybridized carbons (Fsp3) is 0.667. The molecule has 0 aliphatic heterocycles. The predicted octanol–water partition coefficient (Wildman–Crippen LogP) is 3.20. The third-order valence-corrected chi connectivity index (χ3v) is 3.59. The number of hydrogen-bond donors (Lipinski definition) is 1. The van der Waals surface area contributed by atoms with Gasteiger partial charge in [0.15, 0.2) is 0 Å². The van der Waals surface area contributed by atoms with Crippen LogP contribution in [0.5, 0.6) is 5.88 Å². The van der Waals surface area contributed by atoms with Gasteiger partial charge in [0.2, 0.25) is 5.88 Å². The maximum absolute atomic E-state index is 12.7. The zero-order valence-electron chi connectivity index (χ0n) is 15.6. The molecule has 1 atom stereocenters. The second kappa shape index (κ2) is 9.59. The van der Waals surface area contributed by atoms with E-state index in [0.29, 0.717) is 49.4 Å². The summed E-state index contributed by atoms with van der Waals surface area (Å²) < 4.78 is 16.1. The van der Waals surface area contributed by atoms with Gasteiger partial charge in [-0.2, -0.15) is 0 Å². The first-order valence-electron chi connectivity index (χ1n) is 8.37. The van der Waals surface area contributed by atoms with Gasteiger partial charge in [-0.3, -0.25) is 4.79 Å². The molecule has 24 heavy (non-hydrogen) atoms. The fourth-order valence-corrected chi connectivity index (χ4v) is 2.55. The van der Waals surface area contributed by atoms with Crippen LogP contribution in [0.2, 0.25) is 0 Å². The van der Waals surface area contributed by atoms with Crippen molar-refractivity contribution < 1.29 is 19.0 Å². The third-order valence-electron chi connectivity index (χ3n) is 3.59. The highest BCUT2D eigenvalue weighted by molar-refractivity contribution is 5.97. The average molecular weight is 338 g/mol. The number of rotatable bonds is 10. The molecule has 1 aromatic heterocycles. The van der Waals surface area contributed by atoms with Gasteiger partial charge >= 0.3 is 0 Å². The molecule has 0 aliphatic carbocycles. The van der Waals surface area contributed by atoms with Gasteiger partial charge in [0.1, 0.15) is 12.2 Å². The number of amides is 1. The Bertz CT molecular complexity index is 534. The number of carbonyl (C=O) groups is 1. The summed E-state index contributed by atoms with van der Waals surface area (Å²) in [5, 5.41) is 2.93. The number of nitrogens with zero attached hydrogens (tertiary/aromatic N) is 1. The Labute approximate surface area is 144 Å². The summed E-state index contributed by atoms with van der Waals surface area (Å²) in [6, 6.07) is 3.53. The molecule has 0 spiro atoms. The monoisotopic (exact) mass is 338 g/mol. The van der Waals surface area contributed by atoms with Crippen LogP contribution in [0.15, 0.2) is 12.1 Å². The van der Waals surface area contributed by atoms with Crippen molar-refractivity contribution in [2.75, 3.05) is 32.2 Å². The number of nitrogens with one attached hydrogen (secondary N) is 1. The summed E-state index contributed by atoms with van der Waals surface area (Å²) in [5.41, 5.74) is 0.499. The maximum atomic E-state index is 12.7. The van der Waals surface area contributed by atoms with E-state index in [1.165, 1.54) is 0 Å². The van der Waals surface area contributed by atoms with Crippen LogP contribution >= 0.6 is 0 Å². The summed E-state index contributed by atoms with van der Waals surface area (Å²) in [6.45, 7) is 11.1. The molecule has 0 aliphatic rings. The second-order valence-corrected chi connectivity index (χ2v) is 6.34. The molecule has 1 aromatic rings. The molecule has 1 heterocycles. The Hall–Kier alpha value is -1.66. The summed E-state index contributed by atoms with van der Waals surface area (Å²) in [6.07, 6.45) is 0.650. The van der Waals surface area contributed by atoms with Crippen molar-refractivity contribution in [2.45, 2.75) is 46.6 Å². The van der Waals surface area contributed by atoms with Crippen LogP contribution in [-0.4, -0.2) is 43.4 Å². The van der Waals surface area contributed by atoms with Crippen molar-refractivity contribution in [3.63, 3.8) is 0 Å². The number of methoxy groups -OCH3 is 1. The Morgan fingerprint density at radius 1 is 1.33 bits per heavy atom. The lowest BCUT2D eigenvalue weighted by Crippen LogP contribution is -2.44. The minimum Gasteiger partial charge on any atom is -0.475 e. The second-order valence-electron chi connectivity index (χ2n) is 6.34. The summed E-state index contributed by atoms with van der Waals surface area (Å²) in [7, 11) is 1.62. The van der Waals surface area contributed by atoms with Crippen molar-refractivity contribution >= 4 is 11.6 Å². The first kappa shape index (κ1) is 20.4. The molecule has 1 unspecified atom stereocenters. The highest BCUT2D eigenvalue weighted by atomic mass is 16.5. The minimum absolute atomic E-state index is 0.156. The zero-order valence-corrected chi connectivity index (χ0v) is 15.6. The van der Waals surface area contributed by atoms with Crippen molar-refractivity contribution in [1.29, 1.82) is 0 Å². The Morgan fingerprint density at radius 2 is 2.04 bits per heavy atom. The predicted molar refractivity (Wildman–Crippen MR) is 94.5 cm³/mol. The van der Waals surface area contributed by atoms with E-state index in [1.54, 1.807) is 19.2 Å². The number of ether oxygens (including phenoxy) is 3. The Balaban J connectivity index is 2.81. The molecule has 0 radical (unpaired) electrons. The van der Waals surface area contributed by atoms with Crippen LogP contribution in [0.3, 0.4) is 0 Å². The van der Waals surface area contributed by atoms with Crippen molar-refractivity contribution in [2.24, 2.45) is 5.92 Å². The highest BCUT2D eigenvalue weighted by Crippen LogP contribution is 2.25. The van der Waals surface area contributed by atoms with E-state index < -0.39 is 5.60 Å². The van der Waals surface area contributed by atoms with Gasteiger partial charge in [-0.25, -0.2) is 4.98 Å². The van der Waals surface area contributed by atoms with Gasteiger partial charge in [-0.1, -0.05) is 13.8 Å². The molecule has 1 amide bonds. The van der Waals surface area contributed by atoms with Gasteiger partial charge < -0.3 is 19.5 Å². The molecule has 1 rings (SSSR count). The molecule has 6 heteroatoms. The van der Waals surface area contributed by atoms with E-state index in [-0.39, 0.29) is 5.91 Å². The molecule has 0 aromatic carbocycles. The van der Waals surface area contributed by atoms with Crippen LogP contribution in [0.1, 0.15) is 39.8 Å². The van der Waals surface area contributed by atoms with E-state index in [2.05, 4.69) is 24.1 Å². The number of aryl methyl sites for hydroxylation is 1. The van der Waals surface area contributed by atoms with Crippen molar-refractivity contribution in [3.05, 3.63) is 17.8 Å². The molecule has 0 saturated carbocycles. The van der Waals surface area contributed by atoms with E-state index in [4.69, 9.17) is 14.2 Å².